The second-order valence-corrected chi connectivity index (χ2v) is 13.1. The molecular weight excluding hydrogens is 488 g/mol. The molecule has 1 unspecified atom stereocenters. The van der Waals surface area contributed by atoms with Gasteiger partial charge < -0.3 is 19.7 Å². The summed E-state index contributed by atoms with van der Waals surface area (Å²) in [7, 11) is 3.30. The molecule has 1 saturated heterocycles. The molecule has 3 rings (SSSR count). The van der Waals surface area contributed by atoms with E-state index in [-0.39, 0.29) is 17.0 Å². The number of nitrogens with one attached hydrogen (secondary N) is 1. The van der Waals surface area contributed by atoms with Crippen molar-refractivity contribution >= 4 is 12.0 Å². The number of rotatable bonds is 11. The zero-order valence-corrected chi connectivity index (χ0v) is 25.4. The van der Waals surface area contributed by atoms with Crippen LogP contribution in [0.15, 0.2) is 42.5 Å². The van der Waals surface area contributed by atoms with Crippen LogP contribution in [-0.4, -0.2) is 48.7 Å². The third kappa shape index (κ3) is 7.55. The molecule has 1 N–H and O–H groups in total. The molecule has 1 atom stereocenters. The highest BCUT2D eigenvalue weighted by Gasteiger charge is 2.42. The molecule has 1 heterocycles. The number of carbonyl (C=O) groups excluding carboxylic acids is 2. The van der Waals surface area contributed by atoms with Gasteiger partial charge >= 0.3 is 12.0 Å². The van der Waals surface area contributed by atoms with Gasteiger partial charge in [0.05, 0.1) is 12.6 Å². The van der Waals surface area contributed by atoms with E-state index in [4.69, 9.17) is 9.47 Å². The number of likely N-dealkylation sites (N-methyl/N-ethyl adjacent to an activating group) is 1. The maximum absolute atomic E-state index is 12.5. The highest BCUT2D eigenvalue weighted by Crippen LogP contribution is 2.32. The summed E-state index contributed by atoms with van der Waals surface area (Å²) in [5.41, 5.74) is 3.69. The molecule has 2 amide bonds. The summed E-state index contributed by atoms with van der Waals surface area (Å²) in [6.45, 7) is 15.1. The first kappa shape index (κ1) is 30.5. The average Bonchev–Trinajstić information content (AvgIpc) is 3.13. The fourth-order valence-corrected chi connectivity index (χ4v) is 5.39. The maximum atomic E-state index is 12.5. The number of nitrogens with zero attached hydrogens (tertiary/aromatic N) is 1. The van der Waals surface area contributed by atoms with Gasteiger partial charge in [0.1, 0.15) is 5.75 Å². The van der Waals surface area contributed by atoms with Gasteiger partial charge in [-0.15, -0.1) is 0 Å². The van der Waals surface area contributed by atoms with Crippen LogP contribution in [0.2, 0.25) is 0 Å². The molecule has 0 bridgehead atoms. The van der Waals surface area contributed by atoms with E-state index >= 15 is 0 Å². The monoisotopic (exact) mass is 536 g/mol. The second-order valence-electron chi connectivity index (χ2n) is 13.1. The molecule has 0 saturated carbocycles. The normalized spacial score (nSPS) is 17.9. The Kier molecular flexibility index (Phi) is 9.40. The lowest BCUT2D eigenvalue weighted by Crippen LogP contribution is -2.46. The summed E-state index contributed by atoms with van der Waals surface area (Å²) in [5, 5.41) is 3.07. The quantitative estimate of drug-likeness (QED) is 0.334. The van der Waals surface area contributed by atoms with E-state index in [1.54, 1.807) is 13.8 Å². The molecule has 0 spiro atoms. The van der Waals surface area contributed by atoms with Crippen LogP contribution in [0.3, 0.4) is 0 Å². The largest absolute Gasteiger partial charge is 0.476 e. The van der Waals surface area contributed by atoms with Gasteiger partial charge in [-0.1, -0.05) is 71.0 Å². The van der Waals surface area contributed by atoms with Crippen LogP contribution in [0.4, 0.5) is 4.79 Å². The number of hydrogen-bond donors (Lipinski definition) is 1. The molecule has 0 radical (unpaired) electrons. The van der Waals surface area contributed by atoms with Crippen molar-refractivity contribution in [2.75, 3.05) is 20.7 Å². The molecule has 2 aromatic carbocycles. The lowest BCUT2D eigenvalue weighted by molar-refractivity contribution is -0.156. The van der Waals surface area contributed by atoms with Crippen LogP contribution in [0, 0.1) is 5.92 Å². The fraction of sp³-hybridized carbons (Fsp3) is 0.576. The number of amides is 2. The Labute approximate surface area is 235 Å². The van der Waals surface area contributed by atoms with Gasteiger partial charge in [-0.25, -0.2) is 9.59 Å². The molecule has 0 aliphatic carbocycles. The Morgan fingerprint density at radius 2 is 1.69 bits per heavy atom. The van der Waals surface area contributed by atoms with Crippen LogP contribution in [0.5, 0.6) is 5.75 Å². The summed E-state index contributed by atoms with van der Waals surface area (Å²) in [6, 6.07) is 15.1. The van der Waals surface area contributed by atoms with E-state index in [0.29, 0.717) is 12.5 Å². The predicted octanol–water partition coefficient (Wildman–Crippen LogP) is 6.47. The van der Waals surface area contributed by atoms with Gasteiger partial charge in [-0.2, -0.15) is 0 Å². The zero-order valence-electron chi connectivity index (χ0n) is 25.4. The van der Waals surface area contributed by atoms with E-state index in [1.165, 1.54) is 23.8 Å². The topological polar surface area (TPSA) is 67.9 Å². The SMILES string of the molecule is COC(=O)C(C)(C)Oc1ccc(CCCC2(Cc3ccc(C(C)(C)C)cc3)CNC(=O)N2C)cc1CC(C)C. The number of methoxy groups -OCH3 is 1. The van der Waals surface area contributed by atoms with Gasteiger partial charge in [-0.05, 0) is 85.6 Å². The molecular formula is C33H48N2O4. The number of esters is 1. The van der Waals surface area contributed by atoms with Gasteiger partial charge in [0.25, 0.3) is 0 Å². The Morgan fingerprint density at radius 1 is 1.05 bits per heavy atom. The van der Waals surface area contributed by atoms with Crippen molar-refractivity contribution in [3.8, 4) is 5.75 Å². The first-order valence-electron chi connectivity index (χ1n) is 14.2. The van der Waals surface area contributed by atoms with Crippen molar-refractivity contribution in [3.05, 3.63) is 64.7 Å². The number of ether oxygens (including phenoxy) is 2. The van der Waals surface area contributed by atoms with E-state index < -0.39 is 11.6 Å². The van der Waals surface area contributed by atoms with E-state index in [2.05, 4.69) is 76.3 Å². The van der Waals surface area contributed by atoms with E-state index in [9.17, 15) is 9.59 Å². The maximum Gasteiger partial charge on any atom is 0.349 e. The highest BCUT2D eigenvalue weighted by atomic mass is 16.6. The van der Waals surface area contributed by atoms with Gasteiger partial charge in [0.2, 0.25) is 0 Å². The number of urea groups is 1. The molecule has 39 heavy (non-hydrogen) atoms. The zero-order chi connectivity index (χ0) is 29.0. The minimum Gasteiger partial charge on any atom is -0.476 e. The smallest absolute Gasteiger partial charge is 0.349 e. The molecule has 2 aromatic rings. The van der Waals surface area contributed by atoms with Crippen LogP contribution in [-0.2, 0) is 34.2 Å². The average molecular weight is 537 g/mol. The summed E-state index contributed by atoms with van der Waals surface area (Å²) < 4.78 is 11.1. The van der Waals surface area contributed by atoms with Gasteiger partial charge in [-0.3, -0.25) is 0 Å². The van der Waals surface area contributed by atoms with Crippen molar-refractivity contribution in [2.45, 2.75) is 97.1 Å². The molecule has 6 nitrogen and oxygen atoms in total. The van der Waals surface area contributed by atoms with Gasteiger partial charge in [0.15, 0.2) is 5.60 Å². The molecule has 1 aliphatic heterocycles. The lowest BCUT2D eigenvalue weighted by Gasteiger charge is -2.35. The minimum atomic E-state index is -1.06. The van der Waals surface area contributed by atoms with Crippen LogP contribution < -0.4 is 10.1 Å². The van der Waals surface area contributed by atoms with E-state index in [0.717, 1.165) is 43.4 Å². The van der Waals surface area contributed by atoms with Gasteiger partial charge in [0, 0.05) is 13.6 Å². The Bertz CT molecular complexity index is 1150. The Morgan fingerprint density at radius 3 is 2.23 bits per heavy atom. The summed E-state index contributed by atoms with van der Waals surface area (Å²) >= 11 is 0. The molecule has 6 heteroatoms. The second kappa shape index (κ2) is 12.0. The van der Waals surface area contributed by atoms with Crippen molar-refractivity contribution < 1.29 is 19.1 Å². The number of hydrogen-bond acceptors (Lipinski definition) is 4. The first-order valence-corrected chi connectivity index (χ1v) is 14.2. The summed E-state index contributed by atoms with van der Waals surface area (Å²) in [4.78, 5) is 26.6. The first-order chi connectivity index (χ1) is 18.2. The van der Waals surface area contributed by atoms with Crippen LogP contribution in [0.1, 0.15) is 83.6 Å². The standard InChI is InChI=1S/C33H48N2O4/c1-23(2)19-26-20-24(14-17-28(26)39-32(6,7)29(36)38-9)11-10-18-33(22-34-30(37)35(33)8)21-25-12-15-27(16-13-25)31(3,4)5/h12-17,20,23H,10-11,18-19,21-22H2,1-9H3,(H,34,37). The van der Waals surface area contributed by atoms with Crippen LogP contribution >= 0.6 is 0 Å². The van der Waals surface area contributed by atoms with Crippen molar-refractivity contribution in [1.29, 1.82) is 0 Å². The lowest BCUT2D eigenvalue weighted by atomic mass is 9.82. The minimum absolute atomic E-state index is 0.00439. The number of aryl methyl sites for hydroxylation is 1. The Hall–Kier alpha value is -3.02. The Balaban J connectivity index is 1.75. The number of carbonyl (C=O) groups is 2. The molecule has 1 fully saturated rings. The van der Waals surface area contributed by atoms with Crippen molar-refractivity contribution in [2.24, 2.45) is 5.92 Å². The number of benzene rings is 2. The summed E-state index contributed by atoms with van der Waals surface area (Å²) in [6.07, 6.45) is 4.43. The highest BCUT2D eigenvalue weighted by molar-refractivity contribution is 5.79. The van der Waals surface area contributed by atoms with Crippen molar-refractivity contribution in [1.82, 2.24) is 10.2 Å². The van der Waals surface area contributed by atoms with Crippen molar-refractivity contribution in [3.63, 3.8) is 0 Å². The van der Waals surface area contributed by atoms with Crippen LogP contribution in [0.25, 0.3) is 0 Å². The summed E-state index contributed by atoms with van der Waals surface area (Å²) in [5.74, 6) is 0.772. The fourth-order valence-electron chi connectivity index (χ4n) is 5.39. The molecule has 1 aliphatic rings. The predicted molar refractivity (Wildman–Crippen MR) is 157 cm³/mol. The molecule has 214 valence electrons. The third-order valence-corrected chi connectivity index (χ3v) is 7.84. The molecule has 0 aromatic heterocycles. The van der Waals surface area contributed by atoms with E-state index in [1.807, 2.05) is 18.0 Å². The third-order valence-electron chi connectivity index (χ3n) is 7.84.